The van der Waals surface area contributed by atoms with Gasteiger partial charge in [-0.3, -0.25) is 0 Å². The molecule has 90 valence electrons. The molecule has 17 heavy (non-hydrogen) atoms. The van der Waals surface area contributed by atoms with Gasteiger partial charge < -0.3 is 9.84 Å². The minimum Gasteiger partial charge on any atom is -0.361 e. The Bertz CT molecular complexity index is 482. The van der Waals surface area contributed by atoms with Crippen molar-refractivity contribution in [3.8, 4) is 0 Å². The second-order valence-corrected chi connectivity index (χ2v) is 4.53. The molecular formula is C14H18N2O. The van der Waals surface area contributed by atoms with Gasteiger partial charge in [0, 0.05) is 19.2 Å². The van der Waals surface area contributed by atoms with Crippen LogP contribution in [0.1, 0.15) is 28.1 Å². The average Bonchev–Trinajstić information content (AvgIpc) is 2.63. The number of hydrogen-bond acceptors (Lipinski definition) is 3. The molecule has 0 aliphatic heterocycles. The summed E-state index contributed by atoms with van der Waals surface area (Å²) < 4.78 is 5.02. The van der Waals surface area contributed by atoms with Crippen molar-refractivity contribution in [3.63, 3.8) is 0 Å². The zero-order valence-electron chi connectivity index (χ0n) is 10.6. The number of nitrogens with zero attached hydrogens (tertiary/aromatic N) is 1. The molecule has 0 saturated heterocycles. The van der Waals surface area contributed by atoms with Crippen molar-refractivity contribution in [2.75, 3.05) is 0 Å². The fourth-order valence-electron chi connectivity index (χ4n) is 2.01. The van der Waals surface area contributed by atoms with E-state index in [-0.39, 0.29) is 0 Å². The molecule has 0 atom stereocenters. The molecular weight excluding hydrogens is 212 g/mol. The van der Waals surface area contributed by atoms with E-state index in [0.717, 1.165) is 24.5 Å². The van der Waals surface area contributed by atoms with Crippen molar-refractivity contribution in [1.29, 1.82) is 0 Å². The van der Waals surface area contributed by atoms with E-state index in [1.165, 1.54) is 16.7 Å². The zero-order valence-corrected chi connectivity index (χ0v) is 10.6. The second kappa shape index (κ2) is 5.15. The summed E-state index contributed by atoms with van der Waals surface area (Å²) in [6.07, 6.45) is 0. The van der Waals surface area contributed by atoms with Crippen molar-refractivity contribution >= 4 is 0 Å². The summed E-state index contributed by atoms with van der Waals surface area (Å²) in [5.74, 6) is 0.855. The average molecular weight is 230 g/mol. The maximum Gasteiger partial charge on any atom is 0.133 e. The van der Waals surface area contributed by atoms with Crippen LogP contribution in [0.25, 0.3) is 0 Å². The van der Waals surface area contributed by atoms with Crippen molar-refractivity contribution in [2.24, 2.45) is 0 Å². The highest BCUT2D eigenvalue weighted by Gasteiger charge is 2.00. The molecule has 0 spiro atoms. The molecule has 2 rings (SSSR count). The van der Waals surface area contributed by atoms with E-state index in [1.807, 2.05) is 13.0 Å². The summed E-state index contributed by atoms with van der Waals surface area (Å²) in [7, 11) is 0. The molecule has 1 heterocycles. The van der Waals surface area contributed by atoms with Crippen LogP contribution in [0.5, 0.6) is 0 Å². The van der Waals surface area contributed by atoms with Crippen molar-refractivity contribution in [1.82, 2.24) is 10.5 Å². The normalized spacial score (nSPS) is 10.8. The van der Waals surface area contributed by atoms with Crippen molar-refractivity contribution in [2.45, 2.75) is 33.9 Å². The fraction of sp³-hybridized carbons (Fsp3) is 0.357. The van der Waals surface area contributed by atoms with Gasteiger partial charge in [0.15, 0.2) is 0 Å². The predicted molar refractivity (Wildman–Crippen MR) is 67.7 cm³/mol. The van der Waals surface area contributed by atoms with Gasteiger partial charge in [0.2, 0.25) is 0 Å². The molecule has 0 aliphatic rings. The number of hydrogen-bond donors (Lipinski definition) is 1. The predicted octanol–water partition coefficient (Wildman–Crippen LogP) is 2.89. The zero-order chi connectivity index (χ0) is 12.3. The van der Waals surface area contributed by atoms with Crippen molar-refractivity contribution in [3.05, 3.63) is 52.4 Å². The SMILES string of the molecule is Cc1cc(C)cc(CNCc2cc(C)on2)c1. The van der Waals surface area contributed by atoms with Crippen LogP contribution in [-0.4, -0.2) is 5.16 Å². The van der Waals surface area contributed by atoms with Gasteiger partial charge >= 0.3 is 0 Å². The van der Waals surface area contributed by atoms with Crippen LogP contribution < -0.4 is 5.32 Å². The van der Waals surface area contributed by atoms with E-state index in [2.05, 4.69) is 42.5 Å². The number of rotatable bonds is 4. The first kappa shape index (κ1) is 11.9. The highest BCUT2D eigenvalue weighted by atomic mass is 16.5. The Morgan fingerprint density at radius 2 is 1.71 bits per heavy atom. The Hall–Kier alpha value is -1.61. The third-order valence-corrected chi connectivity index (χ3v) is 2.59. The molecule has 3 heteroatoms. The summed E-state index contributed by atoms with van der Waals surface area (Å²) >= 11 is 0. The second-order valence-electron chi connectivity index (χ2n) is 4.53. The summed E-state index contributed by atoms with van der Waals surface area (Å²) in [4.78, 5) is 0. The molecule has 0 saturated carbocycles. The van der Waals surface area contributed by atoms with Crippen LogP contribution in [0.3, 0.4) is 0 Å². The van der Waals surface area contributed by atoms with Gasteiger partial charge in [-0.15, -0.1) is 0 Å². The Morgan fingerprint density at radius 3 is 2.29 bits per heavy atom. The lowest BCUT2D eigenvalue weighted by Crippen LogP contribution is -2.13. The molecule has 3 nitrogen and oxygen atoms in total. The molecule has 1 aromatic heterocycles. The van der Waals surface area contributed by atoms with E-state index < -0.39 is 0 Å². The van der Waals surface area contributed by atoms with Gasteiger partial charge in [-0.2, -0.15) is 0 Å². The largest absolute Gasteiger partial charge is 0.361 e. The minimum atomic E-state index is 0.740. The molecule has 0 amide bonds. The first-order valence-corrected chi connectivity index (χ1v) is 5.83. The topological polar surface area (TPSA) is 38.1 Å². The summed E-state index contributed by atoms with van der Waals surface area (Å²) in [5, 5.41) is 7.31. The quantitative estimate of drug-likeness (QED) is 0.877. The first-order valence-electron chi connectivity index (χ1n) is 5.83. The third kappa shape index (κ3) is 3.43. The van der Waals surface area contributed by atoms with Crippen LogP contribution >= 0.6 is 0 Å². The summed E-state index contributed by atoms with van der Waals surface area (Å²) in [6.45, 7) is 7.74. The molecule has 0 aliphatic carbocycles. The van der Waals surface area contributed by atoms with E-state index >= 15 is 0 Å². The maximum absolute atomic E-state index is 5.02. The Morgan fingerprint density at radius 1 is 1.00 bits per heavy atom. The standard InChI is InChI=1S/C14H18N2O/c1-10-4-11(2)6-13(5-10)8-15-9-14-7-12(3)17-16-14/h4-7,15H,8-9H2,1-3H3. The molecule has 0 unspecified atom stereocenters. The molecule has 1 aromatic carbocycles. The number of benzene rings is 1. The summed E-state index contributed by atoms with van der Waals surface area (Å²) in [6, 6.07) is 8.54. The minimum absolute atomic E-state index is 0.740. The number of aryl methyl sites for hydroxylation is 3. The van der Waals surface area contributed by atoms with Crippen LogP contribution in [-0.2, 0) is 13.1 Å². The van der Waals surface area contributed by atoms with Gasteiger partial charge in [0.1, 0.15) is 5.76 Å². The molecule has 0 radical (unpaired) electrons. The summed E-state index contributed by atoms with van der Waals surface area (Å²) in [5.41, 5.74) is 4.87. The van der Waals surface area contributed by atoms with Gasteiger partial charge in [0.25, 0.3) is 0 Å². The highest BCUT2D eigenvalue weighted by Crippen LogP contribution is 2.09. The fourth-order valence-corrected chi connectivity index (χ4v) is 2.01. The van der Waals surface area contributed by atoms with Crippen LogP contribution in [0.15, 0.2) is 28.8 Å². The van der Waals surface area contributed by atoms with Gasteiger partial charge in [-0.25, -0.2) is 0 Å². The smallest absolute Gasteiger partial charge is 0.133 e. The Kier molecular flexibility index (Phi) is 3.59. The molecule has 0 fully saturated rings. The maximum atomic E-state index is 5.02. The first-order chi connectivity index (χ1) is 8.13. The molecule has 0 bridgehead atoms. The van der Waals surface area contributed by atoms with Crippen LogP contribution in [0, 0.1) is 20.8 Å². The van der Waals surface area contributed by atoms with Crippen molar-refractivity contribution < 1.29 is 4.52 Å². The van der Waals surface area contributed by atoms with E-state index in [0.29, 0.717) is 0 Å². The Labute approximate surface area is 102 Å². The lowest BCUT2D eigenvalue weighted by atomic mass is 10.1. The van der Waals surface area contributed by atoms with E-state index in [1.54, 1.807) is 0 Å². The van der Waals surface area contributed by atoms with Crippen LogP contribution in [0.2, 0.25) is 0 Å². The van der Waals surface area contributed by atoms with Crippen LogP contribution in [0.4, 0.5) is 0 Å². The highest BCUT2D eigenvalue weighted by molar-refractivity contribution is 5.28. The lowest BCUT2D eigenvalue weighted by molar-refractivity contribution is 0.388. The molecule has 2 aromatic rings. The van der Waals surface area contributed by atoms with E-state index in [4.69, 9.17) is 4.52 Å². The Balaban J connectivity index is 1.89. The number of nitrogens with one attached hydrogen (secondary N) is 1. The lowest BCUT2D eigenvalue weighted by Gasteiger charge is -2.05. The molecule has 1 N–H and O–H groups in total. The van der Waals surface area contributed by atoms with Gasteiger partial charge in [0.05, 0.1) is 5.69 Å². The van der Waals surface area contributed by atoms with Gasteiger partial charge in [-0.1, -0.05) is 34.5 Å². The van der Waals surface area contributed by atoms with E-state index in [9.17, 15) is 0 Å². The third-order valence-electron chi connectivity index (χ3n) is 2.59. The van der Waals surface area contributed by atoms with Gasteiger partial charge in [-0.05, 0) is 26.3 Å². The monoisotopic (exact) mass is 230 g/mol. The number of aromatic nitrogens is 1.